The number of allylic oxidation sites excluding steroid dienone is 12. The molecule has 5 heteroatoms. The maximum absolute atomic E-state index is 12.8. The van der Waals surface area contributed by atoms with Gasteiger partial charge in [-0.3, -0.25) is 9.59 Å². The second kappa shape index (κ2) is 54.7. The van der Waals surface area contributed by atoms with Crippen LogP contribution in [0.3, 0.4) is 0 Å². The molecule has 0 saturated carbocycles. The largest absolute Gasteiger partial charge is 0.462 e. The molecule has 1 atom stereocenters. The molecular formula is C59H104O5. The number of hydrogen-bond acceptors (Lipinski definition) is 5. The van der Waals surface area contributed by atoms with Gasteiger partial charge in [-0.05, 0) is 109 Å². The topological polar surface area (TPSA) is 61.8 Å². The minimum atomic E-state index is -0.552. The third kappa shape index (κ3) is 52.0. The molecule has 0 rings (SSSR count). The van der Waals surface area contributed by atoms with Crippen molar-refractivity contribution in [3.05, 3.63) is 72.9 Å². The molecule has 0 fully saturated rings. The summed E-state index contributed by atoms with van der Waals surface area (Å²) in [5.74, 6) is -0.421. The van der Waals surface area contributed by atoms with E-state index in [4.69, 9.17) is 14.2 Å². The van der Waals surface area contributed by atoms with Gasteiger partial charge in [0.25, 0.3) is 0 Å². The standard InChI is InChI=1S/C59H104O5/c1-4-7-10-13-16-19-22-25-27-29-31-33-36-39-42-45-48-51-54-62-55-57(64-59(61)53-50-47-44-41-38-34-24-21-18-15-12-9-6-3)56-63-58(60)52-49-46-43-40-37-35-32-30-28-26-23-20-17-14-11-8-5-2/h12,15-17,19-21,24-28,57H,4-11,13-14,18,22-23,29-56H2,1-3H3/b15-12-,19-16-,20-17-,24-21-,27-25-,28-26-. The number of ether oxygens (including phenoxy) is 3. The van der Waals surface area contributed by atoms with Crippen molar-refractivity contribution in [1.29, 1.82) is 0 Å². The Morgan fingerprint density at radius 2 is 0.688 bits per heavy atom. The van der Waals surface area contributed by atoms with Crippen LogP contribution < -0.4 is 0 Å². The highest BCUT2D eigenvalue weighted by molar-refractivity contribution is 5.70. The third-order valence-electron chi connectivity index (χ3n) is 11.7. The van der Waals surface area contributed by atoms with Crippen molar-refractivity contribution in [2.75, 3.05) is 19.8 Å². The Labute approximate surface area is 397 Å². The Kier molecular flexibility index (Phi) is 52.4. The molecule has 0 spiro atoms. The third-order valence-corrected chi connectivity index (χ3v) is 11.7. The number of carbonyl (C=O) groups is 2. The van der Waals surface area contributed by atoms with Gasteiger partial charge >= 0.3 is 11.9 Å². The van der Waals surface area contributed by atoms with Gasteiger partial charge in [-0.15, -0.1) is 0 Å². The van der Waals surface area contributed by atoms with Crippen LogP contribution in [0.1, 0.15) is 265 Å². The van der Waals surface area contributed by atoms with Crippen LogP contribution in [0, 0.1) is 0 Å². The van der Waals surface area contributed by atoms with Crippen molar-refractivity contribution >= 4 is 11.9 Å². The Bertz CT molecular complexity index is 1150. The zero-order valence-electron chi connectivity index (χ0n) is 42.5. The quantitative estimate of drug-likeness (QED) is 0.0346. The van der Waals surface area contributed by atoms with E-state index < -0.39 is 6.10 Å². The second-order valence-electron chi connectivity index (χ2n) is 18.1. The van der Waals surface area contributed by atoms with Crippen molar-refractivity contribution in [3.8, 4) is 0 Å². The number of unbranched alkanes of at least 4 members (excludes halogenated alkanes) is 27. The molecule has 5 nitrogen and oxygen atoms in total. The van der Waals surface area contributed by atoms with Crippen LogP contribution in [0.25, 0.3) is 0 Å². The molecule has 0 aromatic heterocycles. The Hall–Kier alpha value is -2.66. The van der Waals surface area contributed by atoms with E-state index in [2.05, 4.69) is 93.7 Å². The van der Waals surface area contributed by atoms with Crippen molar-refractivity contribution in [3.63, 3.8) is 0 Å². The zero-order valence-corrected chi connectivity index (χ0v) is 42.5. The van der Waals surface area contributed by atoms with Crippen molar-refractivity contribution in [2.45, 2.75) is 271 Å². The van der Waals surface area contributed by atoms with Crippen molar-refractivity contribution < 1.29 is 23.8 Å². The van der Waals surface area contributed by atoms with Crippen LogP contribution in [0.15, 0.2) is 72.9 Å². The lowest BCUT2D eigenvalue weighted by Gasteiger charge is -2.18. The second-order valence-corrected chi connectivity index (χ2v) is 18.1. The normalized spacial score (nSPS) is 12.7. The van der Waals surface area contributed by atoms with Gasteiger partial charge in [0.15, 0.2) is 6.10 Å². The van der Waals surface area contributed by atoms with E-state index in [1.165, 1.54) is 154 Å². The molecule has 0 amide bonds. The lowest BCUT2D eigenvalue weighted by molar-refractivity contribution is -0.163. The van der Waals surface area contributed by atoms with E-state index in [9.17, 15) is 9.59 Å². The van der Waals surface area contributed by atoms with Gasteiger partial charge in [0.1, 0.15) is 6.61 Å². The van der Waals surface area contributed by atoms with Crippen LogP contribution in [0.4, 0.5) is 0 Å². The molecule has 0 aromatic carbocycles. The summed E-state index contributed by atoms with van der Waals surface area (Å²) < 4.78 is 17.4. The Morgan fingerprint density at radius 1 is 0.344 bits per heavy atom. The molecule has 0 aliphatic heterocycles. The first-order valence-electron chi connectivity index (χ1n) is 27.5. The fourth-order valence-corrected chi connectivity index (χ4v) is 7.55. The molecule has 0 bridgehead atoms. The Morgan fingerprint density at radius 3 is 1.09 bits per heavy atom. The van der Waals surface area contributed by atoms with Crippen LogP contribution in [0.2, 0.25) is 0 Å². The van der Waals surface area contributed by atoms with Crippen molar-refractivity contribution in [2.24, 2.45) is 0 Å². The van der Waals surface area contributed by atoms with E-state index in [0.717, 1.165) is 77.0 Å². The lowest BCUT2D eigenvalue weighted by atomic mass is 10.1. The summed E-state index contributed by atoms with van der Waals surface area (Å²) in [6.45, 7) is 7.70. The first kappa shape index (κ1) is 61.3. The molecule has 0 radical (unpaired) electrons. The highest BCUT2D eigenvalue weighted by Gasteiger charge is 2.17. The van der Waals surface area contributed by atoms with Crippen LogP contribution in [0.5, 0.6) is 0 Å². The molecule has 0 N–H and O–H groups in total. The lowest BCUT2D eigenvalue weighted by Crippen LogP contribution is -2.30. The van der Waals surface area contributed by atoms with Crippen LogP contribution in [-0.2, 0) is 23.8 Å². The van der Waals surface area contributed by atoms with Crippen LogP contribution >= 0.6 is 0 Å². The average Bonchev–Trinajstić information content (AvgIpc) is 3.30. The van der Waals surface area contributed by atoms with Gasteiger partial charge < -0.3 is 14.2 Å². The van der Waals surface area contributed by atoms with Gasteiger partial charge in [0, 0.05) is 19.4 Å². The predicted molar refractivity (Wildman–Crippen MR) is 279 cm³/mol. The number of esters is 2. The van der Waals surface area contributed by atoms with Gasteiger partial charge in [0.2, 0.25) is 0 Å². The summed E-state index contributed by atoms with van der Waals surface area (Å²) in [7, 11) is 0. The molecule has 0 heterocycles. The molecule has 0 aliphatic rings. The first-order valence-corrected chi connectivity index (χ1v) is 27.5. The summed E-state index contributed by atoms with van der Waals surface area (Å²) in [4.78, 5) is 25.4. The smallest absolute Gasteiger partial charge is 0.306 e. The van der Waals surface area contributed by atoms with Gasteiger partial charge in [-0.25, -0.2) is 0 Å². The molecule has 0 saturated heterocycles. The van der Waals surface area contributed by atoms with E-state index >= 15 is 0 Å². The van der Waals surface area contributed by atoms with E-state index in [1.807, 2.05) is 0 Å². The zero-order chi connectivity index (χ0) is 46.3. The van der Waals surface area contributed by atoms with Crippen LogP contribution in [-0.4, -0.2) is 37.9 Å². The summed E-state index contributed by atoms with van der Waals surface area (Å²) in [5, 5.41) is 0. The van der Waals surface area contributed by atoms with E-state index in [1.54, 1.807) is 0 Å². The number of carbonyl (C=O) groups excluding carboxylic acids is 2. The van der Waals surface area contributed by atoms with Gasteiger partial charge in [-0.2, -0.15) is 0 Å². The minimum Gasteiger partial charge on any atom is -0.462 e. The first-order chi connectivity index (χ1) is 31.6. The molecule has 64 heavy (non-hydrogen) atoms. The summed E-state index contributed by atoms with van der Waals surface area (Å²) in [6, 6.07) is 0. The van der Waals surface area contributed by atoms with Gasteiger partial charge in [0.05, 0.1) is 6.61 Å². The average molecular weight is 893 g/mol. The summed E-state index contributed by atoms with van der Waals surface area (Å²) >= 11 is 0. The van der Waals surface area contributed by atoms with E-state index in [-0.39, 0.29) is 25.2 Å². The predicted octanol–water partition coefficient (Wildman–Crippen LogP) is 18.7. The maximum Gasteiger partial charge on any atom is 0.306 e. The molecule has 370 valence electrons. The fourth-order valence-electron chi connectivity index (χ4n) is 7.55. The number of rotatable bonds is 50. The minimum absolute atomic E-state index is 0.0716. The Balaban J connectivity index is 4.29. The molecular weight excluding hydrogens is 789 g/mol. The molecule has 1 unspecified atom stereocenters. The highest BCUT2D eigenvalue weighted by Crippen LogP contribution is 2.14. The monoisotopic (exact) mass is 893 g/mol. The van der Waals surface area contributed by atoms with E-state index in [0.29, 0.717) is 19.4 Å². The summed E-state index contributed by atoms with van der Waals surface area (Å²) in [6.07, 6.45) is 70.5. The highest BCUT2D eigenvalue weighted by atomic mass is 16.6. The number of hydrogen-bond donors (Lipinski definition) is 0. The molecule has 0 aromatic rings. The maximum atomic E-state index is 12.8. The molecule has 0 aliphatic carbocycles. The van der Waals surface area contributed by atoms with Gasteiger partial charge in [-0.1, -0.05) is 216 Å². The SMILES string of the molecule is CCC/C=C\C/C=C\CCCCCCCC(=O)OC(COCCCCCCCCCC/C=C\C/C=C\CCCCC)COC(=O)CCCCCCCCC/C=C\C/C=C\CCCCC. The van der Waals surface area contributed by atoms with Crippen molar-refractivity contribution in [1.82, 2.24) is 0 Å². The summed E-state index contributed by atoms with van der Waals surface area (Å²) in [5.41, 5.74) is 0. The fraction of sp³-hybridized carbons (Fsp3) is 0.763.